The van der Waals surface area contributed by atoms with E-state index in [1.54, 1.807) is 29.2 Å². The second kappa shape index (κ2) is 8.96. The maximum atomic E-state index is 13.1. The molecule has 1 aromatic carbocycles. The monoisotopic (exact) mass is 463 g/mol. The van der Waals surface area contributed by atoms with Crippen molar-refractivity contribution < 1.29 is 23.9 Å². The molecule has 10 heteroatoms. The molecule has 0 saturated carbocycles. The van der Waals surface area contributed by atoms with E-state index >= 15 is 0 Å². The summed E-state index contributed by atoms with van der Waals surface area (Å²) in [6.07, 6.45) is 0.364. The van der Waals surface area contributed by atoms with Gasteiger partial charge in [0.05, 0.1) is 28.8 Å². The highest BCUT2D eigenvalue weighted by Crippen LogP contribution is 2.31. The summed E-state index contributed by atoms with van der Waals surface area (Å²) >= 11 is 7.76. The number of carbonyl (C=O) groups excluding carboxylic acids is 3. The average Bonchev–Trinajstić information content (AvgIpc) is 3.39. The van der Waals surface area contributed by atoms with Crippen molar-refractivity contribution in [1.29, 1.82) is 0 Å². The molecular weight excluding hydrogens is 442 g/mol. The van der Waals surface area contributed by atoms with Crippen molar-refractivity contribution in [3.63, 3.8) is 0 Å². The van der Waals surface area contributed by atoms with Crippen LogP contribution in [0.2, 0.25) is 5.02 Å². The summed E-state index contributed by atoms with van der Waals surface area (Å²) < 4.78 is 10.6. The molecule has 2 aliphatic heterocycles. The Labute approximate surface area is 188 Å². The van der Waals surface area contributed by atoms with Gasteiger partial charge in [0.15, 0.2) is 0 Å². The summed E-state index contributed by atoms with van der Waals surface area (Å²) in [7, 11) is 0. The summed E-state index contributed by atoms with van der Waals surface area (Å²) in [6, 6.07) is 8.55. The fraction of sp³-hybridized carbons (Fsp3) is 0.381. The molecule has 3 heterocycles. The van der Waals surface area contributed by atoms with Crippen molar-refractivity contribution >= 4 is 52.0 Å². The molecule has 0 spiro atoms. The van der Waals surface area contributed by atoms with E-state index in [9.17, 15) is 14.4 Å². The highest BCUT2D eigenvalue weighted by molar-refractivity contribution is 7.13. The minimum absolute atomic E-state index is 0.0147. The van der Waals surface area contributed by atoms with E-state index < -0.39 is 5.54 Å². The third kappa shape index (κ3) is 4.59. The van der Waals surface area contributed by atoms with Crippen molar-refractivity contribution in [1.82, 2.24) is 5.32 Å². The number of anilines is 2. The van der Waals surface area contributed by atoms with Crippen LogP contribution in [-0.2, 0) is 19.1 Å². The first-order chi connectivity index (χ1) is 14.9. The number of nitrogens with zero attached hydrogens (tertiary/aromatic N) is 1. The molecule has 2 saturated heterocycles. The molecule has 2 fully saturated rings. The van der Waals surface area contributed by atoms with Crippen LogP contribution in [0.4, 0.5) is 11.4 Å². The number of hydrogen-bond donors (Lipinski definition) is 2. The Kier molecular flexibility index (Phi) is 6.29. The molecule has 0 aliphatic carbocycles. The van der Waals surface area contributed by atoms with Gasteiger partial charge in [0, 0.05) is 30.1 Å². The van der Waals surface area contributed by atoms with Crippen molar-refractivity contribution in [2.75, 3.05) is 43.2 Å². The number of nitrogens with one attached hydrogen (secondary N) is 2. The molecule has 2 aromatic rings. The van der Waals surface area contributed by atoms with Crippen molar-refractivity contribution in [3.05, 3.63) is 45.1 Å². The van der Waals surface area contributed by atoms with Crippen LogP contribution < -0.4 is 15.5 Å². The predicted octanol–water partition coefficient (Wildman–Crippen LogP) is 2.60. The van der Waals surface area contributed by atoms with Crippen LogP contribution in [0.5, 0.6) is 0 Å². The Hall–Kier alpha value is -2.46. The van der Waals surface area contributed by atoms with Gasteiger partial charge in [-0.1, -0.05) is 11.6 Å². The minimum Gasteiger partial charge on any atom is -0.378 e. The molecular formula is C21H22ClN3O5S. The lowest BCUT2D eigenvalue weighted by Gasteiger charge is -2.29. The number of morpholine rings is 1. The first-order valence-corrected chi connectivity index (χ1v) is 11.0. The number of halogens is 1. The molecule has 0 radical (unpaired) electrons. The van der Waals surface area contributed by atoms with Crippen LogP contribution in [-0.4, -0.2) is 56.2 Å². The van der Waals surface area contributed by atoms with E-state index in [0.29, 0.717) is 47.5 Å². The van der Waals surface area contributed by atoms with Gasteiger partial charge in [-0.3, -0.25) is 14.4 Å². The van der Waals surface area contributed by atoms with Gasteiger partial charge < -0.3 is 25.0 Å². The SMILES string of the molecule is Cc1ccc(C(=O)N[C@@]2(C(=O)Nc3ccc(N4CCOCC4=O)c(Cl)c3)CCOC2)s1. The predicted molar refractivity (Wildman–Crippen MR) is 118 cm³/mol. The molecule has 0 bridgehead atoms. The number of rotatable bonds is 5. The zero-order chi connectivity index (χ0) is 22.0. The Morgan fingerprint density at radius 2 is 2.03 bits per heavy atom. The summed E-state index contributed by atoms with van der Waals surface area (Å²) in [6.45, 7) is 3.24. The Balaban J connectivity index is 1.49. The molecule has 1 aromatic heterocycles. The van der Waals surface area contributed by atoms with Gasteiger partial charge in [0.25, 0.3) is 17.7 Å². The summed E-state index contributed by atoms with van der Waals surface area (Å²) in [5.74, 6) is -0.852. The molecule has 3 amide bonds. The topological polar surface area (TPSA) is 97.0 Å². The number of benzene rings is 1. The maximum absolute atomic E-state index is 13.1. The molecule has 31 heavy (non-hydrogen) atoms. The average molecular weight is 464 g/mol. The van der Waals surface area contributed by atoms with E-state index in [4.69, 9.17) is 21.1 Å². The Morgan fingerprint density at radius 1 is 1.19 bits per heavy atom. The van der Waals surface area contributed by atoms with Crippen molar-refractivity contribution in [2.24, 2.45) is 0 Å². The normalized spacial score (nSPS) is 21.2. The molecule has 164 valence electrons. The highest BCUT2D eigenvalue weighted by Gasteiger charge is 2.44. The quantitative estimate of drug-likeness (QED) is 0.710. The first kappa shape index (κ1) is 21.8. The van der Waals surface area contributed by atoms with Gasteiger partial charge in [0.1, 0.15) is 12.1 Å². The van der Waals surface area contributed by atoms with E-state index in [1.807, 2.05) is 13.0 Å². The van der Waals surface area contributed by atoms with Gasteiger partial charge in [-0.15, -0.1) is 11.3 Å². The lowest BCUT2D eigenvalue weighted by Crippen LogP contribution is -2.57. The number of carbonyl (C=O) groups is 3. The Morgan fingerprint density at radius 3 is 2.68 bits per heavy atom. The van der Waals surface area contributed by atoms with Gasteiger partial charge >= 0.3 is 0 Å². The number of aryl methyl sites for hydroxylation is 1. The van der Waals surface area contributed by atoms with Gasteiger partial charge in [0.2, 0.25) is 0 Å². The van der Waals surface area contributed by atoms with Crippen LogP contribution in [0.1, 0.15) is 21.0 Å². The minimum atomic E-state index is -1.17. The fourth-order valence-corrected chi connectivity index (χ4v) is 4.61. The van der Waals surface area contributed by atoms with E-state index in [0.717, 1.165) is 4.88 Å². The molecule has 2 N–H and O–H groups in total. The van der Waals surface area contributed by atoms with E-state index in [1.165, 1.54) is 11.3 Å². The largest absolute Gasteiger partial charge is 0.378 e. The zero-order valence-corrected chi connectivity index (χ0v) is 18.5. The lowest BCUT2D eigenvalue weighted by atomic mass is 9.97. The number of ether oxygens (including phenoxy) is 2. The fourth-order valence-electron chi connectivity index (χ4n) is 3.56. The van der Waals surface area contributed by atoms with Crippen molar-refractivity contribution in [2.45, 2.75) is 18.9 Å². The van der Waals surface area contributed by atoms with E-state index in [2.05, 4.69) is 10.6 Å². The summed E-state index contributed by atoms with van der Waals surface area (Å²) in [5, 5.41) is 6.02. The van der Waals surface area contributed by atoms with Crippen LogP contribution >= 0.6 is 22.9 Å². The molecule has 0 unspecified atom stereocenters. The van der Waals surface area contributed by atoms with Crippen LogP contribution in [0, 0.1) is 6.92 Å². The maximum Gasteiger partial charge on any atom is 0.262 e. The molecule has 2 aliphatic rings. The van der Waals surface area contributed by atoms with Crippen LogP contribution in [0.25, 0.3) is 0 Å². The zero-order valence-electron chi connectivity index (χ0n) is 16.9. The highest BCUT2D eigenvalue weighted by atomic mass is 35.5. The van der Waals surface area contributed by atoms with Gasteiger partial charge in [-0.05, 0) is 37.3 Å². The van der Waals surface area contributed by atoms with E-state index in [-0.39, 0.29) is 30.9 Å². The third-order valence-corrected chi connectivity index (χ3v) is 6.56. The standard InChI is InChI=1S/C21H22ClN3O5S/c1-13-2-5-17(31-13)19(27)24-21(6-8-30-12-21)20(28)23-14-3-4-16(15(22)10-14)25-7-9-29-11-18(25)26/h2-5,10H,6-9,11-12H2,1H3,(H,23,28)(H,24,27)/t21-/m0/s1. The first-order valence-electron chi connectivity index (χ1n) is 9.84. The third-order valence-electron chi connectivity index (χ3n) is 5.26. The van der Waals surface area contributed by atoms with Crippen molar-refractivity contribution in [3.8, 4) is 0 Å². The second-order valence-electron chi connectivity index (χ2n) is 7.47. The van der Waals surface area contributed by atoms with Crippen LogP contribution in [0.15, 0.2) is 30.3 Å². The smallest absolute Gasteiger partial charge is 0.262 e. The second-order valence-corrected chi connectivity index (χ2v) is 9.16. The summed E-state index contributed by atoms with van der Waals surface area (Å²) in [5.41, 5.74) is -0.138. The van der Waals surface area contributed by atoms with Gasteiger partial charge in [-0.2, -0.15) is 0 Å². The van der Waals surface area contributed by atoms with Crippen LogP contribution in [0.3, 0.4) is 0 Å². The Bertz CT molecular complexity index is 1020. The number of amides is 3. The molecule has 1 atom stereocenters. The van der Waals surface area contributed by atoms with Gasteiger partial charge in [-0.25, -0.2) is 0 Å². The summed E-state index contributed by atoms with van der Waals surface area (Å²) in [4.78, 5) is 41.0. The molecule has 8 nitrogen and oxygen atoms in total. The lowest BCUT2D eigenvalue weighted by molar-refractivity contribution is -0.125. The number of thiophene rings is 1. The molecule has 4 rings (SSSR count). The number of hydrogen-bond acceptors (Lipinski definition) is 6.